The van der Waals surface area contributed by atoms with Crippen molar-refractivity contribution in [2.24, 2.45) is 11.8 Å². The molecule has 0 spiro atoms. The number of anilines is 1. The fourth-order valence-corrected chi connectivity index (χ4v) is 1.76. The highest BCUT2D eigenvalue weighted by atomic mass is 35.5. The van der Waals surface area contributed by atoms with Crippen LogP contribution in [0.3, 0.4) is 0 Å². The molecule has 1 unspecified atom stereocenters. The minimum Gasteiger partial charge on any atom is -0.369 e. The van der Waals surface area contributed by atoms with Gasteiger partial charge in [-0.3, -0.25) is 0 Å². The lowest BCUT2D eigenvalue weighted by molar-refractivity contribution is 0.439. The van der Waals surface area contributed by atoms with Crippen molar-refractivity contribution >= 4 is 23.2 Å². The van der Waals surface area contributed by atoms with Crippen LogP contribution in [0.4, 0.5) is 5.82 Å². The second kappa shape index (κ2) is 5.10. The summed E-state index contributed by atoms with van der Waals surface area (Å²) in [6.45, 7) is 9.44. The molecule has 0 saturated heterocycles. The van der Waals surface area contributed by atoms with Crippen LogP contribution in [0.15, 0.2) is 6.33 Å². The van der Waals surface area contributed by atoms with E-state index in [1.165, 1.54) is 6.33 Å². The van der Waals surface area contributed by atoms with E-state index in [1.54, 1.807) is 4.52 Å². The van der Waals surface area contributed by atoms with Gasteiger partial charge in [-0.1, -0.05) is 32.4 Å². The van der Waals surface area contributed by atoms with E-state index in [0.717, 1.165) is 17.9 Å². The zero-order valence-corrected chi connectivity index (χ0v) is 11.9. The summed E-state index contributed by atoms with van der Waals surface area (Å²) in [5.74, 6) is 2.58. The second-order valence-corrected chi connectivity index (χ2v) is 5.31. The van der Waals surface area contributed by atoms with E-state index in [1.807, 2.05) is 6.92 Å². The number of hydrogen-bond donors (Lipinski definition) is 1. The lowest BCUT2D eigenvalue weighted by atomic mass is 9.98. The largest absolute Gasteiger partial charge is 0.369 e. The maximum absolute atomic E-state index is 6.10. The van der Waals surface area contributed by atoms with Crippen LogP contribution in [0.5, 0.6) is 0 Å². The molecular weight excluding hydrogens is 250 g/mol. The number of rotatable bonds is 4. The highest BCUT2D eigenvalue weighted by molar-refractivity contribution is 6.30. The van der Waals surface area contributed by atoms with Gasteiger partial charge in [0, 0.05) is 12.1 Å². The lowest BCUT2D eigenvalue weighted by Crippen LogP contribution is -2.19. The van der Waals surface area contributed by atoms with Gasteiger partial charge in [0.2, 0.25) is 0 Å². The average molecular weight is 268 g/mol. The van der Waals surface area contributed by atoms with Crippen LogP contribution < -0.4 is 5.32 Å². The lowest BCUT2D eigenvalue weighted by Gasteiger charge is -2.18. The molecule has 0 aliphatic rings. The topological polar surface area (TPSA) is 55.1 Å². The van der Waals surface area contributed by atoms with Crippen LogP contribution in [0, 0.1) is 18.8 Å². The molecule has 6 heteroatoms. The van der Waals surface area contributed by atoms with E-state index >= 15 is 0 Å². The minimum atomic E-state index is 0.468. The molecule has 0 aliphatic carbocycles. The van der Waals surface area contributed by atoms with E-state index in [2.05, 4.69) is 41.2 Å². The number of nitrogens with zero attached hydrogens (tertiary/aromatic N) is 4. The van der Waals surface area contributed by atoms with Crippen molar-refractivity contribution in [1.82, 2.24) is 19.6 Å². The van der Waals surface area contributed by atoms with Crippen molar-refractivity contribution in [1.29, 1.82) is 0 Å². The maximum atomic E-state index is 6.10. The summed E-state index contributed by atoms with van der Waals surface area (Å²) in [5.41, 5.74) is 0.894. The summed E-state index contributed by atoms with van der Waals surface area (Å²) >= 11 is 6.10. The Kier molecular flexibility index (Phi) is 3.71. The molecular formula is C12H18ClN5. The predicted molar refractivity (Wildman–Crippen MR) is 73.0 cm³/mol. The molecule has 0 fully saturated rings. The van der Waals surface area contributed by atoms with Crippen LogP contribution in [0.1, 0.15) is 26.3 Å². The number of nitrogens with one attached hydrogen (secondary N) is 1. The first-order valence-corrected chi connectivity index (χ1v) is 6.48. The Balaban J connectivity index is 2.31. The van der Waals surface area contributed by atoms with Crippen LogP contribution in [0.2, 0.25) is 5.15 Å². The number of halogens is 1. The molecule has 2 aromatic rings. The number of hydrogen-bond acceptors (Lipinski definition) is 4. The summed E-state index contributed by atoms with van der Waals surface area (Å²) in [6, 6.07) is 0. The van der Waals surface area contributed by atoms with E-state index < -0.39 is 0 Å². The van der Waals surface area contributed by atoms with Gasteiger partial charge >= 0.3 is 0 Å². The van der Waals surface area contributed by atoms with Gasteiger partial charge < -0.3 is 5.32 Å². The Morgan fingerprint density at radius 3 is 2.78 bits per heavy atom. The molecule has 18 heavy (non-hydrogen) atoms. The number of aromatic nitrogens is 4. The first-order valence-electron chi connectivity index (χ1n) is 6.10. The van der Waals surface area contributed by atoms with Crippen molar-refractivity contribution in [2.45, 2.75) is 27.7 Å². The van der Waals surface area contributed by atoms with E-state index in [4.69, 9.17) is 11.6 Å². The van der Waals surface area contributed by atoms with Crippen molar-refractivity contribution in [3.05, 3.63) is 17.0 Å². The fraction of sp³-hybridized carbons (Fsp3) is 0.583. The third-order valence-electron chi connectivity index (χ3n) is 3.33. The summed E-state index contributed by atoms with van der Waals surface area (Å²) in [5, 5.41) is 8.03. The Bertz CT molecular complexity index is 549. The molecule has 0 aliphatic heterocycles. The molecule has 2 heterocycles. The molecule has 1 atom stereocenters. The van der Waals surface area contributed by atoms with Gasteiger partial charge in [-0.15, -0.1) is 0 Å². The summed E-state index contributed by atoms with van der Waals surface area (Å²) in [4.78, 5) is 8.23. The Hall–Kier alpha value is -1.36. The van der Waals surface area contributed by atoms with Gasteiger partial charge in [-0.2, -0.15) is 19.6 Å². The predicted octanol–water partition coefficient (Wildman–Crippen LogP) is 2.79. The second-order valence-electron chi connectivity index (χ2n) is 4.95. The Morgan fingerprint density at radius 2 is 2.11 bits per heavy atom. The van der Waals surface area contributed by atoms with Crippen LogP contribution in [-0.4, -0.2) is 26.1 Å². The Morgan fingerprint density at radius 1 is 1.39 bits per heavy atom. The van der Waals surface area contributed by atoms with Crippen LogP contribution in [-0.2, 0) is 0 Å². The third-order valence-corrected chi connectivity index (χ3v) is 3.70. The van der Waals surface area contributed by atoms with Crippen molar-refractivity contribution in [2.75, 3.05) is 11.9 Å². The zero-order valence-electron chi connectivity index (χ0n) is 11.1. The van der Waals surface area contributed by atoms with Gasteiger partial charge in [0.25, 0.3) is 5.78 Å². The molecule has 5 nitrogen and oxygen atoms in total. The fourth-order valence-electron chi connectivity index (χ4n) is 1.60. The molecule has 0 aromatic carbocycles. The normalized spacial score (nSPS) is 13.2. The molecule has 0 saturated carbocycles. The Labute approximate surface area is 112 Å². The summed E-state index contributed by atoms with van der Waals surface area (Å²) < 4.78 is 1.69. The van der Waals surface area contributed by atoms with Gasteiger partial charge in [-0.05, 0) is 18.8 Å². The molecule has 0 radical (unpaired) electrons. The van der Waals surface area contributed by atoms with E-state index in [-0.39, 0.29) is 0 Å². The molecule has 2 aromatic heterocycles. The monoisotopic (exact) mass is 267 g/mol. The quantitative estimate of drug-likeness (QED) is 0.866. The van der Waals surface area contributed by atoms with E-state index in [0.29, 0.717) is 22.8 Å². The van der Waals surface area contributed by atoms with Crippen molar-refractivity contribution in [3.8, 4) is 0 Å². The molecule has 1 N–H and O–H groups in total. The minimum absolute atomic E-state index is 0.468. The van der Waals surface area contributed by atoms with Crippen molar-refractivity contribution < 1.29 is 0 Å². The molecule has 2 rings (SSSR count). The van der Waals surface area contributed by atoms with E-state index in [9.17, 15) is 0 Å². The molecule has 0 bridgehead atoms. The SMILES string of the molecule is Cc1c(Cl)nc2ncnn2c1NCC(C)C(C)C. The highest BCUT2D eigenvalue weighted by Crippen LogP contribution is 2.22. The molecule has 0 amide bonds. The first-order chi connectivity index (χ1) is 8.50. The highest BCUT2D eigenvalue weighted by Gasteiger charge is 2.13. The van der Waals surface area contributed by atoms with Gasteiger partial charge in [0.15, 0.2) is 0 Å². The average Bonchev–Trinajstić information content (AvgIpc) is 2.76. The first kappa shape index (κ1) is 13.1. The van der Waals surface area contributed by atoms with Gasteiger partial charge in [0.05, 0.1) is 0 Å². The third kappa shape index (κ3) is 2.41. The maximum Gasteiger partial charge on any atom is 0.255 e. The van der Waals surface area contributed by atoms with Crippen LogP contribution >= 0.6 is 11.6 Å². The summed E-state index contributed by atoms with van der Waals surface area (Å²) in [7, 11) is 0. The molecule has 98 valence electrons. The van der Waals surface area contributed by atoms with Crippen molar-refractivity contribution in [3.63, 3.8) is 0 Å². The smallest absolute Gasteiger partial charge is 0.255 e. The van der Waals surface area contributed by atoms with Gasteiger partial charge in [0.1, 0.15) is 17.3 Å². The standard InChI is InChI=1S/C12H18ClN5/c1-7(2)8(3)5-14-11-9(4)10(13)17-12-15-6-16-18(11)12/h6-8,14H,5H2,1-4H3. The number of fused-ring (bicyclic) bond motifs is 1. The zero-order chi connectivity index (χ0) is 13.3. The van der Waals surface area contributed by atoms with Gasteiger partial charge in [-0.25, -0.2) is 0 Å². The summed E-state index contributed by atoms with van der Waals surface area (Å²) in [6.07, 6.45) is 1.48. The van der Waals surface area contributed by atoms with Crippen LogP contribution in [0.25, 0.3) is 5.78 Å².